The number of hydrogen-bond acceptors (Lipinski definition) is 3. The van der Waals surface area contributed by atoms with E-state index in [2.05, 4.69) is 16.8 Å². The van der Waals surface area contributed by atoms with Crippen molar-refractivity contribution in [3.05, 3.63) is 0 Å². The summed E-state index contributed by atoms with van der Waals surface area (Å²) in [6, 6.07) is 0. The summed E-state index contributed by atoms with van der Waals surface area (Å²) in [5.74, 6) is -1.99. The molecule has 0 radical (unpaired) electrons. The van der Waals surface area contributed by atoms with Crippen LogP contribution in [0.3, 0.4) is 0 Å². The number of aliphatic carboxylic acids is 1. The van der Waals surface area contributed by atoms with Gasteiger partial charge in [0.25, 0.3) is 5.91 Å². The molecule has 0 fully saturated rings. The minimum absolute atomic E-state index is 0.608. The Balaban J connectivity index is 3.55. The van der Waals surface area contributed by atoms with Crippen LogP contribution in [0.15, 0.2) is 4.36 Å². The maximum Gasteiger partial charge on any atom is 0.313 e. The molecular formula is C3H3NO3S. The third kappa shape index (κ3) is 3.35. The van der Waals surface area contributed by atoms with Crippen molar-refractivity contribution in [2.75, 3.05) is 0 Å². The van der Waals surface area contributed by atoms with Gasteiger partial charge in [-0.3, -0.25) is 9.59 Å². The lowest BCUT2D eigenvalue weighted by Gasteiger charge is -1.80. The number of rotatable bonds is 2. The Hall–Kier alpha value is -0.840. The molecule has 0 rings (SSSR count). The highest BCUT2D eigenvalue weighted by molar-refractivity contribution is 7.47. The Morgan fingerprint density at radius 1 is 1.62 bits per heavy atom. The van der Waals surface area contributed by atoms with Gasteiger partial charge in [-0.15, -0.1) is 4.36 Å². The topological polar surface area (TPSA) is 66.7 Å². The number of carboxylic acids is 1. The first-order chi connectivity index (χ1) is 3.66. The van der Waals surface area contributed by atoms with Gasteiger partial charge in [-0.05, 0) is 0 Å². The molecule has 0 heterocycles. The van der Waals surface area contributed by atoms with Gasteiger partial charge in [-0.1, -0.05) is 0 Å². The summed E-state index contributed by atoms with van der Waals surface area (Å²) in [7, 11) is 0. The van der Waals surface area contributed by atoms with Crippen LogP contribution in [0.2, 0.25) is 0 Å². The molecule has 0 aromatic heterocycles. The zero-order chi connectivity index (χ0) is 6.57. The van der Waals surface area contributed by atoms with Gasteiger partial charge in [0.15, 0.2) is 0 Å². The van der Waals surface area contributed by atoms with Crippen LogP contribution in [0.5, 0.6) is 0 Å². The van der Waals surface area contributed by atoms with Gasteiger partial charge < -0.3 is 5.11 Å². The fraction of sp³-hybridized carbons (Fsp3) is 0.333. The van der Waals surface area contributed by atoms with Crippen LogP contribution < -0.4 is 0 Å². The first-order valence-electron chi connectivity index (χ1n) is 1.75. The summed E-state index contributed by atoms with van der Waals surface area (Å²) in [6.45, 7) is 0. The molecule has 8 heavy (non-hydrogen) atoms. The van der Waals surface area contributed by atoms with Gasteiger partial charge in [0.1, 0.15) is 6.42 Å². The van der Waals surface area contributed by atoms with E-state index in [9.17, 15) is 9.59 Å². The Labute approximate surface area is 50.7 Å². The second-order valence-electron chi connectivity index (χ2n) is 1.06. The minimum Gasteiger partial charge on any atom is -0.481 e. The molecule has 1 N–H and O–H groups in total. The normalized spacial score (nSPS) is 8.00. The molecule has 0 aromatic rings. The second-order valence-corrected chi connectivity index (χ2v) is 1.24. The van der Waals surface area contributed by atoms with Crippen molar-refractivity contribution in [2.45, 2.75) is 6.42 Å². The largest absolute Gasteiger partial charge is 0.481 e. The third-order valence-electron chi connectivity index (χ3n) is 0.404. The van der Waals surface area contributed by atoms with E-state index in [1.807, 2.05) is 0 Å². The molecule has 44 valence electrons. The average Bonchev–Trinajstić information content (AvgIpc) is 1.65. The van der Waals surface area contributed by atoms with Crippen molar-refractivity contribution in [2.24, 2.45) is 4.36 Å². The second kappa shape index (κ2) is 3.20. The summed E-state index contributed by atoms with van der Waals surface area (Å²) in [4.78, 5) is 19.6. The smallest absolute Gasteiger partial charge is 0.313 e. The van der Waals surface area contributed by atoms with Crippen LogP contribution in [0.4, 0.5) is 0 Å². The number of carbonyl (C=O) groups is 2. The fourth-order valence-electron chi connectivity index (χ4n) is 0.162. The van der Waals surface area contributed by atoms with E-state index in [1.54, 1.807) is 0 Å². The molecule has 0 atom stereocenters. The molecule has 0 aromatic carbocycles. The number of hydrogen-bond donors (Lipinski definition) is 1. The first kappa shape index (κ1) is 7.16. The van der Waals surface area contributed by atoms with Gasteiger partial charge in [0, 0.05) is 12.4 Å². The van der Waals surface area contributed by atoms with Crippen molar-refractivity contribution in [3.63, 3.8) is 0 Å². The summed E-state index contributed by atoms with van der Waals surface area (Å²) < 4.78 is 2.69. The number of amides is 1. The van der Waals surface area contributed by atoms with Crippen LogP contribution >= 0.6 is 0 Å². The highest BCUT2D eigenvalue weighted by Gasteiger charge is 2.03. The summed E-state index contributed by atoms with van der Waals surface area (Å²) in [5.41, 5.74) is 0. The Bertz CT molecular complexity index is 132. The van der Waals surface area contributed by atoms with Crippen LogP contribution in [-0.4, -0.2) is 17.0 Å². The highest BCUT2D eigenvalue weighted by Crippen LogP contribution is 1.81. The lowest BCUT2D eigenvalue weighted by molar-refractivity contribution is -0.139. The molecule has 0 spiro atoms. The number of nitrogens with zero attached hydrogens (tertiary/aromatic N) is 1. The van der Waals surface area contributed by atoms with E-state index in [1.165, 1.54) is 0 Å². The van der Waals surface area contributed by atoms with Crippen LogP contribution in [0, 0.1) is 0 Å². The molecule has 5 heteroatoms. The lowest BCUT2D eigenvalue weighted by atomic mass is 10.4. The highest BCUT2D eigenvalue weighted by atomic mass is 32.1. The van der Waals surface area contributed by atoms with E-state index in [0.717, 1.165) is 0 Å². The van der Waals surface area contributed by atoms with E-state index in [4.69, 9.17) is 5.11 Å². The molecule has 0 saturated heterocycles. The first-order valence-corrected chi connectivity index (χ1v) is 2.11. The molecule has 0 aliphatic carbocycles. The van der Waals surface area contributed by atoms with E-state index in [-0.39, 0.29) is 0 Å². The average molecular weight is 133 g/mol. The van der Waals surface area contributed by atoms with Gasteiger partial charge in [0.05, 0.1) is 0 Å². The van der Waals surface area contributed by atoms with E-state index < -0.39 is 18.3 Å². The number of carboxylic acid groups (broad SMARTS) is 1. The summed E-state index contributed by atoms with van der Waals surface area (Å²) in [5, 5.41) is 7.89. The SMILES string of the molecule is O=C(O)CC(=O)N=S. The summed E-state index contributed by atoms with van der Waals surface area (Å²) >= 11 is 3.91. The van der Waals surface area contributed by atoms with Gasteiger partial charge in [-0.2, -0.15) is 0 Å². The molecule has 0 saturated carbocycles. The lowest BCUT2D eigenvalue weighted by Crippen LogP contribution is -2.02. The minimum atomic E-state index is -1.21. The monoisotopic (exact) mass is 133 g/mol. The predicted molar refractivity (Wildman–Crippen MR) is 27.1 cm³/mol. The van der Waals surface area contributed by atoms with Gasteiger partial charge in [0.2, 0.25) is 0 Å². The summed E-state index contributed by atoms with van der Waals surface area (Å²) in [6.07, 6.45) is -0.608. The van der Waals surface area contributed by atoms with E-state index in [0.29, 0.717) is 0 Å². The molecule has 1 amide bonds. The van der Waals surface area contributed by atoms with Gasteiger partial charge >= 0.3 is 5.97 Å². The molecule has 0 bridgehead atoms. The number of carbonyl (C=O) groups excluding carboxylic acids is 1. The van der Waals surface area contributed by atoms with Gasteiger partial charge in [-0.25, -0.2) is 0 Å². The standard InChI is InChI=1S/C3H3NO3S/c5-2(4-8)1-3(6)7/h1H2,(H,6,7). The Morgan fingerprint density at radius 3 is 2.25 bits per heavy atom. The molecule has 0 aliphatic heterocycles. The Morgan fingerprint density at radius 2 is 2.12 bits per heavy atom. The van der Waals surface area contributed by atoms with Crippen LogP contribution in [-0.2, 0) is 22.0 Å². The quantitative estimate of drug-likeness (QED) is 0.526. The maximum absolute atomic E-state index is 9.97. The van der Waals surface area contributed by atoms with Crippen molar-refractivity contribution >= 4 is 24.3 Å². The van der Waals surface area contributed by atoms with E-state index >= 15 is 0 Å². The zero-order valence-electron chi connectivity index (χ0n) is 3.83. The molecular weight excluding hydrogens is 130 g/mol. The van der Waals surface area contributed by atoms with Crippen molar-refractivity contribution in [1.82, 2.24) is 0 Å². The Kier molecular flexibility index (Phi) is 2.86. The molecule has 0 unspecified atom stereocenters. The van der Waals surface area contributed by atoms with Crippen molar-refractivity contribution in [1.29, 1.82) is 0 Å². The maximum atomic E-state index is 9.97. The van der Waals surface area contributed by atoms with Crippen LogP contribution in [0.25, 0.3) is 0 Å². The zero-order valence-corrected chi connectivity index (χ0v) is 4.64. The molecule has 4 nitrogen and oxygen atoms in total. The third-order valence-corrected chi connectivity index (χ3v) is 0.608. The van der Waals surface area contributed by atoms with Crippen molar-refractivity contribution in [3.8, 4) is 0 Å². The molecule has 0 aliphatic rings. The fourth-order valence-corrected chi connectivity index (χ4v) is 0.226. The van der Waals surface area contributed by atoms with Crippen LogP contribution in [0.1, 0.15) is 6.42 Å². The predicted octanol–water partition coefficient (Wildman–Crippen LogP) is -0.282. The van der Waals surface area contributed by atoms with Crippen molar-refractivity contribution < 1.29 is 14.7 Å².